The van der Waals surface area contributed by atoms with Gasteiger partial charge in [-0.15, -0.1) is 10.2 Å². The van der Waals surface area contributed by atoms with Crippen LogP contribution in [0.3, 0.4) is 0 Å². The summed E-state index contributed by atoms with van der Waals surface area (Å²) in [5.41, 5.74) is 3.38. The standard InChI is InChI=1S/C20H19N3O4/c1-13-8-9-16(10-14(13)2)19(25)21-11-18(24)26-12-17-22-23-20(27-17)15-6-4-3-5-7-15/h3-10H,11-12H2,1-2H3,(H,21,25). The van der Waals surface area contributed by atoms with Crippen LogP contribution in [0.4, 0.5) is 0 Å². The van der Waals surface area contributed by atoms with E-state index in [0.29, 0.717) is 11.5 Å². The molecule has 1 heterocycles. The van der Waals surface area contributed by atoms with E-state index in [0.717, 1.165) is 16.7 Å². The molecule has 0 aliphatic heterocycles. The Labute approximate surface area is 156 Å². The van der Waals surface area contributed by atoms with Gasteiger partial charge in [0, 0.05) is 11.1 Å². The first-order valence-corrected chi connectivity index (χ1v) is 8.42. The number of carbonyl (C=O) groups is 2. The number of nitrogens with one attached hydrogen (secondary N) is 1. The van der Waals surface area contributed by atoms with Crippen LogP contribution in [0.15, 0.2) is 52.9 Å². The highest BCUT2D eigenvalue weighted by atomic mass is 16.5. The van der Waals surface area contributed by atoms with Crippen LogP contribution in [0.25, 0.3) is 11.5 Å². The Kier molecular flexibility index (Phi) is 5.61. The van der Waals surface area contributed by atoms with Crippen molar-refractivity contribution in [1.29, 1.82) is 0 Å². The minimum absolute atomic E-state index is 0.155. The van der Waals surface area contributed by atoms with Gasteiger partial charge in [0.15, 0.2) is 6.61 Å². The molecule has 1 amide bonds. The van der Waals surface area contributed by atoms with Gasteiger partial charge in [-0.05, 0) is 49.2 Å². The first-order valence-electron chi connectivity index (χ1n) is 8.42. The number of esters is 1. The number of nitrogens with zero attached hydrogens (tertiary/aromatic N) is 2. The van der Waals surface area contributed by atoms with Crippen molar-refractivity contribution in [2.24, 2.45) is 0 Å². The van der Waals surface area contributed by atoms with Gasteiger partial charge in [0.25, 0.3) is 11.8 Å². The number of carbonyl (C=O) groups excluding carboxylic acids is 2. The normalized spacial score (nSPS) is 10.4. The van der Waals surface area contributed by atoms with Gasteiger partial charge < -0.3 is 14.5 Å². The lowest BCUT2D eigenvalue weighted by molar-refractivity contribution is -0.144. The summed E-state index contributed by atoms with van der Waals surface area (Å²) >= 11 is 0. The molecule has 0 fully saturated rings. The topological polar surface area (TPSA) is 94.3 Å². The third-order valence-corrected chi connectivity index (χ3v) is 4.01. The fourth-order valence-electron chi connectivity index (χ4n) is 2.34. The maximum atomic E-state index is 12.1. The van der Waals surface area contributed by atoms with Crippen LogP contribution in [-0.4, -0.2) is 28.6 Å². The Morgan fingerprint density at radius 2 is 1.81 bits per heavy atom. The summed E-state index contributed by atoms with van der Waals surface area (Å²) < 4.78 is 10.5. The minimum atomic E-state index is -0.591. The molecule has 3 aromatic rings. The quantitative estimate of drug-likeness (QED) is 0.675. The Bertz CT molecular complexity index is 951. The van der Waals surface area contributed by atoms with E-state index in [2.05, 4.69) is 15.5 Å². The Hall–Kier alpha value is -3.48. The third-order valence-electron chi connectivity index (χ3n) is 4.01. The maximum absolute atomic E-state index is 12.1. The average Bonchev–Trinajstić information content (AvgIpc) is 3.16. The van der Waals surface area contributed by atoms with Crippen molar-refractivity contribution < 1.29 is 18.7 Å². The Morgan fingerprint density at radius 3 is 2.56 bits per heavy atom. The highest BCUT2D eigenvalue weighted by Crippen LogP contribution is 2.17. The Balaban J connectivity index is 1.48. The molecule has 1 N–H and O–H groups in total. The largest absolute Gasteiger partial charge is 0.454 e. The van der Waals surface area contributed by atoms with Crippen LogP contribution >= 0.6 is 0 Å². The number of rotatable bonds is 6. The molecule has 27 heavy (non-hydrogen) atoms. The van der Waals surface area contributed by atoms with Crippen molar-refractivity contribution in [2.45, 2.75) is 20.5 Å². The van der Waals surface area contributed by atoms with Gasteiger partial charge >= 0.3 is 5.97 Å². The fourth-order valence-corrected chi connectivity index (χ4v) is 2.34. The van der Waals surface area contributed by atoms with Crippen molar-refractivity contribution in [3.63, 3.8) is 0 Å². The van der Waals surface area contributed by atoms with E-state index in [-0.39, 0.29) is 24.9 Å². The van der Waals surface area contributed by atoms with Crippen LogP contribution in [0.5, 0.6) is 0 Å². The van der Waals surface area contributed by atoms with E-state index in [1.54, 1.807) is 12.1 Å². The third kappa shape index (κ3) is 4.78. The number of aryl methyl sites for hydroxylation is 2. The molecule has 0 spiro atoms. The zero-order valence-electron chi connectivity index (χ0n) is 15.1. The summed E-state index contributed by atoms with van der Waals surface area (Å²) in [6, 6.07) is 14.6. The number of hydrogen-bond donors (Lipinski definition) is 1. The van der Waals surface area contributed by atoms with Crippen molar-refractivity contribution in [3.8, 4) is 11.5 Å². The monoisotopic (exact) mass is 365 g/mol. The van der Waals surface area contributed by atoms with Gasteiger partial charge in [0.1, 0.15) is 6.54 Å². The fraction of sp³-hybridized carbons (Fsp3) is 0.200. The number of benzene rings is 2. The van der Waals surface area contributed by atoms with Gasteiger partial charge in [-0.25, -0.2) is 0 Å². The minimum Gasteiger partial charge on any atom is -0.454 e. The van der Waals surface area contributed by atoms with E-state index in [1.165, 1.54) is 0 Å². The molecule has 1 aromatic heterocycles. The van der Waals surface area contributed by atoms with Gasteiger partial charge in [-0.2, -0.15) is 0 Å². The summed E-state index contributed by atoms with van der Waals surface area (Å²) in [5, 5.41) is 10.3. The molecular formula is C20H19N3O4. The van der Waals surface area contributed by atoms with E-state index in [9.17, 15) is 9.59 Å². The van der Waals surface area contributed by atoms with Gasteiger partial charge in [0.2, 0.25) is 5.89 Å². The van der Waals surface area contributed by atoms with Crippen molar-refractivity contribution in [1.82, 2.24) is 15.5 Å². The van der Waals surface area contributed by atoms with Gasteiger partial charge in [0.05, 0.1) is 0 Å². The molecule has 0 bridgehead atoms. The highest BCUT2D eigenvalue weighted by molar-refractivity contribution is 5.96. The molecule has 2 aromatic carbocycles. The first-order chi connectivity index (χ1) is 13.0. The summed E-state index contributed by atoms with van der Waals surface area (Å²) in [6.07, 6.45) is 0. The SMILES string of the molecule is Cc1ccc(C(=O)NCC(=O)OCc2nnc(-c3ccccc3)o2)cc1C. The molecule has 0 atom stereocenters. The van der Waals surface area contributed by atoms with Crippen molar-refractivity contribution >= 4 is 11.9 Å². The lowest BCUT2D eigenvalue weighted by Crippen LogP contribution is -2.30. The van der Waals surface area contributed by atoms with Crippen molar-refractivity contribution in [3.05, 3.63) is 71.1 Å². The predicted molar refractivity (Wildman–Crippen MR) is 97.8 cm³/mol. The highest BCUT2D eigenvalue weighted by Gasteiger charge is 2.12. The average molecular weight is 365 g/mol. The molecule has 3 rings (SSSR count). The second-order valence-electron chi connectivity index (χ2n) is 6.01. The summed E-state index contributed by atoms with van der Waals surface area (Å²) in [4.78, 5) is 23.9. The second kappa shape index (κ2) is 8.27. The predicted octanol–water partition coefficient (Wildman–Crippen LogP) is 2.83. The van der Waals surface area contributed by atoms with Crippen LogP contribution in [0.2, 0.25) is 0 Å². The molecule has 138 valence electrons. The molecular weight excluding hydrogens is 346 g/mol. The van der Waals surface area contributed by atoms with E-state index in [4.69, 9.17) is 9.15 Å². The maximum Gasteiger partial charge on any atom is 0.325 e. The second-order valence-corrected chi connectivity index (χ2v) is 6.01. The number of amides is 1. The van der Waals surface area contributed by atoms with Crippen LogP contribution in [-0.2, 0) is 16.1 Å². The number of ether oxygens (including phenoxy) is 1. The molecule has 0 saturated heterocycles. The molecule has 0 radical (unpaired) electrons. The van der Waals surface area contributed by atoms with E-state index in [1.807, 2.05) is 50.2 Å². The molecule has 7 nitrogen and oxygen atoms in total. The number of aromatic nitrogens is 2. The van der Waals surface area contributed by atoms with E-state index < -0.39 is 5.97 Å². The summed E-state index contributed by atoms with van der Waals surface area (Å²) in [5.74, 6) is -0.391. The molecule has 0 saturated carbocycles. The van der Waals surface area contributed by atoms with Gasteiger partial charge in [-0.3, -0.25) is 9.59 Å². The van der Waals surface area contributed by atoms with Crippen LogP contribution in [0, 0.1) is 13.8 Å². The molecule has 0 unspecified atom stereocenters. The smallest absolute Gasteiger partial charge is 0.325 e. The molecule has 0 aliphatic carbocycles. The number of hydrogen-bond acceptors (Lipinski definition) is 6. The molecule has 7 heteroatoms. The van der Waals surface area contributed by atoms with Crippen molar-refractivity contribution in [2.75, 3.05) is 6.54 Å². The summed E-state index contributed by atoms with van der Waals surface area (Å²) in [7, 11) is 0. The summed E-state index contributed by atoms with van der Waals surface area (Å²) in [6.45, 7) is 3.49. The van der Waals surface area contributed by atoms with Crippen LogP contribution < -0.4 is 5.32 Å². The lowest BCUT2D eigenvalue weighted by Gasteiger charge is -2.07. The van der Waals surface area contributed by atoms with Gasteiger partial charge in [-0.1, -0.05) is 24.3 Å². The zero-order valence-corrected chi connectivity index (χ0v) is 15.1. The lowest BCUT2D eigenvalue weighted by atomic mass is 10.1. The Morgan fingerprint density at radius 1 is 1.04 bits per heavy atom. The molecule has 0 aliphatic rings. The van der Waals surface area contributed by atoms with Crippen LogP contribution in [0.1, 0.15) is 27.4 Å². The zero-order chi connectivity index (χ0) is 19.2. The first kappa shape index (κ1) is 18.3. The van der Waals surface area contributed by atoms with E-state index >= 15 is 0 Å².